The number of thiophene rings is 1. The quantitative estimate of drug-likeness (QED) is 0.907. The van der Waals surface area contributed by atoms with Crippen molar-refractivity contribution in [2.24, 2.45) is 0 Å². The van der Waals surface area contributed by atoms with Crippen LogP contribution in [0.5, 0.6) is 0 Å². The Morgan fingerprint density at radius 1 is 1.38 bits per heavy atom. The molecule has 1 aromatic rings. The zero-order valence-electron chi connectivity index (χ0n) is 12.4. The number of rotatable bonds is 5. The van der Waals surface area contributed by atoms with Crippen LogP contribution in [0.25, 0.3) is 0 Å². The van der Waals surface area contributed by atoms with E-state index in [9.17, 15) is 9.59 Å². The molecule has 5 nitrogen and oxygen atoms in total. The van der Waals surface area contributed by atoms with Crippen LogP contribution in [0.15, 0.2) is 6.07 Å². The fourth-order valence-corrected chi connectivity index (χ4v) is 3.47. The lowest BCUT2D eigenvalue weighted by atomic mass is 10.1. The van der Waals surface area contributed by atoms with Gasteiger partial charge in [-0.3, -0.25) is 9.59 Å². The third-order valence-electron chi connectivity index (χ3n) is 3.67. The lowest BCUT2D eigenvalue weighted by Gasteiger charge is -2.32. The molecular formula is C15H21NO4S. The SMILES string of the molecule is Cc1cc(C(=O)N2CCC(OCCC(=O)O)CC2)c(C)s1. The van der Waals surface area contributed by atoms with E-state index in [0.29, 0.717) is 13.1 Å². The summed E-state index contributed by atoms with van der Waals surface area (Å²) in [6.45, 7) is 5.58. The zero-order valence-corrected chi connectivity index (χ0v) is 13.2. The van der Waals surface area contributed by atoms with Crippen LogP contribution in [0.3, 0.4) is 0 Å². The third kappa shape index (κ3) is 4.28. The molecule has 1 N–H and O–H groups in total. The van der Waals surface area contributed by atoms with E-state index in [1.807, 2.05) is 24.8 Å². The Labute approximate surface area is 128 Å². The first kappa shape index (κ1) is 16.0. The van der Waals surface area contributed by atoms with E-state index in [0.717, 1.165) is 28.2 Å². The molecule has 0 aromatic carbocycles. The van der Waals surface area contributed by atoms with Crippen LogP contribution in [0.1, 0.15) is 39.4 Å². The second kappa shape index (κ2) is 7.04. The molecule has 1 aliphatic heterocycles. The molecule has 1 amide bonds. The lowest BCUT2D eigenvalue weighted by Crippen LogP contribution is -2.41. The Morgan fingerprint density at radius 2 is 2.05 bits per heavy atom. The molecule has 0 saturated carbocycles. The van der Waals surface area contributed by atoms with Gasteiger partial charge in [-0.25, -0.2) is 0 Å². The van der Waals surface area contributed by atoms with Crippen molar-refractivity contribution in [2.75, 3.05) is 19.7 Å². The lowest BCUT2D eigenvalue weighted by molar-refractivity contribution is -0.138. The minimum Gasteiger partial charge on any atom is -0.481 e. The van der Waals surface area contributed by atoms with Gasteiger partial charge in [-0.1, -0.05) is 0 Å². The van der Waals surface area contributed by atoms with Crippen LogP contribution in [-0.4, -0.2) is 47.7 Å². The molecule has 0 spiro atoms. The maximum atomic E-state index is 12.5. The van der Waals surface area contributed by atoms with Gasteiger partial charge >= 0.3 is 5.97 Å². The van der Waals surface area contributed by atoms with Crippen molar-refractivity contribution in [3.8, 4) is 0 Å². The number of aryl methyl sites for hydroxylation is 2. The normalized spacial score (nSPS) is 16.2. The summed E-state index contributed by atoms with van der Waals surface area (Å²) in [5.41, 5.74) is 0.808. The van der Waals surface area contributed by atoms with Crippen LogP contribution in [0, 0.1) is 13.8 Å². The van der Waals surface area contributed by atoms with Gasteiger partial charge in [-0.05, 0) is 32.8 Å². The second-order valence-corrected chi connectivity index (χ2v) is 6.79. The number of carboxylic acid groups (broad SMARTS) is 1. The molecule has 0 atom stereocenters. The van der Waals surface area contributed by atoms with Gasteiger partial charge in [0.15, 0.2) is 0 Å². The summed E-state index contributed by atoms with van der Waals surface area (Å²) in [5.74, 6) is -0.744. The molecule has 0 unspecified atom stereocenters. The van der Waals surface area contributed by atoms with Crippen molar-refractivity contribution in [3.63, 3.8) is 0 Å². The molecule has 0 bridgehead atoms. The number of carboxylic acids is 1. The summed E-state index contributed by atoms with van der Waals surface area (Å²) in [6.07, 6.45) is 1.65. The molecule has 0 aliphatic carbocycles. The zero-order chi connectivity index (χ0) is 15.4. The minimum absolute atomic E-state index is 0.0342. The molecule has 1 fully saturated rings. The fraction of sp³-hybridized carbons (Fsp3) is 0.600. The van der Waals surface area contributed by atoms with Gasteiger partial charge in [0.05, 0.1) is 24.7 Å². The highest BCUT2D eigenvalue weighted by molar-refractivity contribution is 7.12. The number of hydrogen-bond donors (Lipinski definition) is 1. The van der Waals surface area contributed by atoms with Crippen molar-refractivity contribution >= 4 is 23.2 Å². The fourth-order valence-electron chi connectivity index (χ4n) is 2.55. The number of amides is 1. The highest BCUT2D eigenvalue weighted by Gasteiger charge is 2.25. The molecule has 1 aromatic heterocycles. The van der Waals surface area contributed by atoms with Gasteiger partial charge in [-0.15, -0.1) is 11.3 Å². The van der Waals surface area contributed by atoms with E-state index in [-0.39, 0.29) is 25.0 Å². The Hall–Kier alpha value is -1.40. The average molecular weight is 311 g/mol. The van der Waals surface area contributed by atoms with Gasteiger partial charge in [0.25, 0.3) is 5.91 Å². The molecule has 1 saturated heterocycles. The van der Waals surface area contributed by atoms with Crippen LogP contribution in [0.2, 0.25) is 0 Å². The number of hydrogen-bond acceptors (Lipinski definition) is 4. The topological polar surface area (TPSA) is 66.8 Å². The Kier molecular flexibility index (Phi) is 5.36. The van der Waals surface area contributed by atoms with Crippen LogP contribution >= 0.6 is 11.3 Å². The summed E-state index contributed by atoms with van der Waals surface area (Å²) in [4.78, 5) is 27.0. The molecule has 2 rings (SSSR count). The number of nitrogens with zero attached hydrogens (tertiary/aromatic N) is 1. The number of piperidine rings is 1. The number of aliphatic carboxylic acids is 1. The molecule has 0 radical (unpaired) electrons. The van der Waals surface area contributed by atoms with Gasteiger partial charge in [0, 0.05) is 22.8 Å². The van der Waals surface area contributed by atoms with Gasteiger partial charge < -0.3 is 14.7 Å². The third-order valence-corrected chi connectivity index (χ3v) is 4.64. The Balaban J connectivity index is 1.82. The summed E-state index contributed by atoms with van der Waals surface area (Å²) < 4.78 is 5.54. The number of ether oxygens (including phenoxy) is 1. The van der Waals surface area contributed by atoms with Crippen LogP contribution < -0.4 is 0 Å². The smallest absolute Gasteiger partial charge is 0.305 e. The second-order valence-electron chi connectivity index (χ2n) is 5.33. The van der Waals surface area contributed by atoms with Crippen molar-refractivity contribution in [2.45, 2.75) is 39.2 Å². The van der Waals surface area contributed by atoms with Crippen LogP contribution in [-0.2, 0) is 9.53 Å². The van der Waals surface area contributed by atoms with Gasteiger partial charge in [0.1, 0.15) is 0 Å². The van der Waals surface area contributed by atoms with Crippen molar-refractivity contribution in [1.82, 2.24) is 4.90 Å². The standard InChI is InChI=1S/C15H21NO4S/c1-10-9-13(11(2)21-10)15(19)16-6-3-12(4-7-16)20-8-5-14(17)18/h9,12H,3-8H2,1-2H3,(H,17,18). The maximum absolute atomic E-state index is 12.5. The van der Waals surface area contributed by atoms with E-state index in [2.05, 4.69) is 0 Å². The molecule has 2 heterocycles. The number of carbonyl (C=O) groups excluding carboxylic acids is 1. The van der Waals surface area contributed by atoms with Crippen molar-refractivity contribution in [1.29, 1.82) is 0 Å². The summed E-state index contributed by atoms with van der Waals surface area (Å²) in [5, 5.41) is 8.58. The maximum Gasteiger partial charge on any atom is 0.305 e. The summed E-state index contributed by atoms with van der Waals surface area (Å²) >= 11 is 1.65. The highest BCUT2D eigenvalue weighted by Crippen LogP contribution is 2.24. The van der Waals surface area contributed by atoms with Crippen molar-refractivity contribution in [3.05, 3.63) is 21.4 Å². The Bertz CT molecular complexity index is 518. The van der Waals surface area contributed by atoms with E-state index in [4.69, 9.17) is 9.84 Å². The van der Waals surface area contributed by atoms with Gasteiger partial charge in [-0.2, -0.15) is 0 Å². The predicted molar refractivity (Wildman–Crippen MR) is 80.9 cm³/mol. The number of carbonyl (C=O) groups is 2. The molecule has 116 valence electrons. The molecule has 21 heavy (non-hydrogen) atoms. The first-order valence-electron chi connectivity index (χ1n) is 7.17. The van der Waals surface area contributed by atoms with Crippen molar-refractivity contribution < 1.29 is 19.4 Å². The van der Waals surface area contributed by atoms with E-state index in [1.165, 1.54) is 0 Å². The molecular weight excluding hydrogens is 290 g/mol. The van der Waals surface area contributed by atoms with E-state index >= 15 is 0 Å². The largest absolute Gasteiger partial charge is 0.481 e. The summed E-state index contributed by atoms with van der Waals surface area (Å²) in [6, 6.07) is 1.96. The van der Waals surface area contributed by atoms with Gasteiger partial charge in [0.2, 0.25) is 0 Å². The summed E-state index contributed by atoms with van der Waals surface area (Å²) in [7, 11) is 0. The molecule has 6 heteroatoms. The van der Waals surface area contributed by atoms with E-state index < -0.39 is 5.97 Å². The predicted octanol–water partition coefficient (Wildman–Crippen LogP) is 2.46. The monoisotopic (exact) mass is 311 g/mol. The minimum atomic E-state index is -0.842. The first-order valence-corrected chi connectivity index (χ1v) is 7.98. The van der Waals surface area contributed by atoms with E-state index in [1.54, 1.807) is 11.3 Å². The molecule has 1 aliphatic rings. The Morgan fingerprint density at radius 3 is 2.57 bits per heavy atom. The first-order chi connectivity index (χ1) is 9.97. The average Bonchev–Trinajstić information content (AvgIpc) is 2.77. The number of likely N-dealkylation sites (tertiary alicyclic amines) is 1. The van der Waals surface area contributed by atoms with Crippen LogP contribution in [0.4, 0.5) is 0 Å². The highest BCUT2D eigenvalue weighted by atomic mass is 32.1.